The normalized spacial score (nSPS) is 10.4. The highest BCUT2D eigenvalue weighted by atomic mass is 35.5. The Kier molecular flexibility index (Phi) is 3.30. The molecule has 0 aromatic heterocycles. The van der Waals surface area contributed by atoms with Crippen LogP contribution in [0.3, 0.4) is 0 Å². The maximum atomic E-state index is 14.0. The summed E-state index contributed by atoms with van der Waals surface area (Å²) in [6.07, 6.45) is 0. The van der Waals surface area contributed by atoms with Gasteiger partial charge in [-0.1, -0.05) is 29.8 Å². The SMILES string of the molecule is Cc1ccccc1Nc1c(N)cc(N)c(Cl)c1F. The summed E-state index contributed by atoms with van der Waals surface area (Å²) in [5, 5.41) is 2.81. The number of aryl methyl sites for hydroxylation is 1. The minimum atomic E-state index is -0.641. The quantitative estimate of drug-likeness (QED) is 0.726. The Morgan fingerprint density at radius 2 is 1.83 bits per heavy atom. The van der Waals surface area contributed by atoms with Gasteiger partial charge in [0.1, 0.15) is 5.02 Å². The van der Waals surface area contributed by atoms with E-state index in [1.165, 1.54) is 6.07 Å². The van der Waals surface area contributed by atoms with Crippen molar-refractivity contribution in [2.45, 2.75) is 6.92 Å². The number of nitrogens with one attached hydrogen (secondary N) is 1. The van der Waals surface area contributed by atoms with E-state index < -0.39 is 5.82 Å². The van der Waals surface area contributed by atoms with Gasteiger partial charge < -0.3 is 16.8 Å². The number of hydrogen-bond acceptors (Lipinski definition) is 3. The number of nitrogens with two attached hydrogens (primary N) is 2. The predicted octanol–water partition coefficient (Wildman–Crippen LogP) is 3.70. The van der Waals surface area contributed by atoms with Crippen LogP contribution in [0.4, 0.5) is 27.1 Å². The average Bonchev–Trinajstić information content (AvgIpc) is 2.34. The van der Waals surface area contributed by atoms with Crippen LogP contribution in [0, 0.1) is 12.7 Å². The van der Waals surface area contributed by atoms with Gasteiger partial charge in [0.05, 0.1) is 17.1 Å². The summed E-state index contributed by atoms with van der Waals surface area (Å²) in [5.41, 5.74) is 13.5. The Morgan fingerprint density at radius 1 is 1.17 bits per heavy atom. The van der Waals surface area contributed by atoms with E-state index in [0.29, 0.717) is 0 Å². The zero-order chi connectivity index (χ0) is 13.3. The van der Waals surface area contributed by atoms with Crippen molar-refractivity contribution in [2.75, 3.05) is 16.8 Å². The standard InChI is InChI=1S/C13H13ClFN3/c1-7-4-2-3-5-10(7)18-13-9(17)6-8(16)11(14)12(13)15/h2-6,18H,16-17H2,1H3. The van der Waals surface area contributed by atoms with Gasteiger partial charge in [0, 0.05) is 5.69 Å². The summed E-state index contributed by atoms with van der Waals surface area (Å²) in [6.45, 7) is 1.91. The molecule has 0 saturated heterocycles. The topological polar surface area (TPSA) is 64.1 Å². The van der Waals surface area contributed by atoms with Crippen molar-refractivity contribution in [3.05, 3.63) is 46.7 Å². The second-order valence-corrected chi connectivity index (χ2v) is 4.38. The molecule has 0 radical (unpaired) electrons. The monoisotopic (exact) mass is 265 g/mol. The fourth-order valence-corrected chi connectivity index (χ4v) is 1.79. The first-order valence-electron chi connectivity index (χ1n) is 5.36. The average molecular weight is 266 g/mol. The third kappa shape index (κ3) is 2.19. The Morgan fingerprint density at radius 3 is 2.50 bits per heavy atom. The van der Waals surface area contributed by atoms with Gasteiger partial charge in [-0.05, 0) is 24.6 Å². The number of para-hydroxylation sites is 1. The lowest BCUT2D eigenvalue weighted by Crippen LogP contribution is -2.03. The molecule has 0 unspecified atom stereocenters. The van der Waals surface area contributed by atoms with Crippen molar-refractivity contribution < 1.29 is 4.39 Å². The van der Waals surface area contributed by atoms with Crippen molar-refractivity contribution in [1.82, 2.24) is 0 Å². The number of halogens is 2. The highest BCUT2D eigenvalue weighted by Crippen LogP contribution is 2.35. The number of benzene rings is 2. The van der Waals surface area contributed by atoms with Crippen molar-refractivity contribution in [3.8, 4) is 0 Å². The summed E-state index contributed by atoms with van der Waals surface area (Å²) in [7, 11) is 0. The van der Waals surface area contributed by atoms with Gasteiger partial charge in [-0.25, -0.2) is 4.39 Å². The Labute approximate surface area is 110 Å². The molecule has 2 aromatic carbocycles. The molecule has 94 valence electrons. The van der Waals surface area contributed by atoms with Crippen LogP contribution < -0.4 is 16.8 Å². The second-order valence-electron chi connectivity index (χ2n) is 4.00. The van der Waals surface area contributed by atoms with Crippen LogP contribution in [0.5, 0.6) is 0 Å². The summed E-state index contributed by atoms with van der Waals surface area (Å²) < 4.78 is 14.0. The van der Waals surface area contributed by atoms with E-state index in [4.69, 9.17) is 23.1 Å². The first kappa shape index (κ1) is 12.5. The van der Waals surface area contributed by atoms with E-state index in [1.807, 2.05) is 31.2 Å². The van der Waals surface area contributed by atoms with E-state index >= 15 is 0 Å². The summed E-state index contributed by atoms with van der Waals surface area (Å²) in [6, 6.07) is 8.93. The Hall–Kier alpha value is -1.94. The highest BCUT2D eigenvalue weighted by Gasteiger charge is 2.14. The van der Waals surface area contributed by atoms with Crippen molar-refractivity contribution in [1.29, 1.82) is 0 Å². The zero-order valence-electron chi connectivity index (χ0n) is 9.80. The lowest BCUT2D eigenvalue weighted by molar-refractivity contribution is 0.633. The van der Waals surface area contributed by atoms with E-state index in [1.54, 1.807) is 0 Å². The first-order valence-corrected chi connectivity index (χ1v) is 5.74. The third-order valence-electron chi connectivity index (χ3n) is 2.67. The summed E-state index contributed by atoms with van der Waals surface area (Å²) in [4.78, 5) is 0. The van der Waals surface area contributed by atoms with Gasteiger partial charge in [0.2, 0.25) is 0 Å². The molecule has 0 aliphatic rings. The van der Waals surface area contributed by atoms with Crippen LogP contribution in [0.1, 0.15) is 5.56 Å². The van der Waals surface area contributed by atoms with Crippen molar-refractivity contribution in [2.24, 2.45) is 0 Å². The highest BCUT2D eigenvalue weighted by molar-refractivity contribution is 6.33. The molecule has 2 rings (SSSR count). The van der Waals surface area contributed by atoms with Gasteiger partial charge in [-0.3, -0.25) is 0 Å². The maximum absolute atomic E-state index is 14.0. The van der Waals surface area contributed by atoms with E-state index in [0.717, 1.165) is 11.3 Å². The van der Waals surface area contributed by atoms with Crippen LogP contribution in [-0.4, -0.2) is 0 Å². The summed E-state index contributed by atoms with van der Waals surface area (Å²) in [5.74, 6) is -0.641. The van der Waals surface area contributed by atoms with E-state index in [-0.39, 0.29) is 22.1 Å². The molecule has 2 aromatic rings. The number of hydrogen-bond donors (Lipinski definition) is 3. The first-order chi connectivity index (χ1) is 8.50. The molecule has 0 spiro atoms. The molecule has 0 fully saturated rings. The molecule has 0 saturated carbocycles. The molecule has 3 nitrogen and oxygen atoms in total. The molecule has 0 bridgehead atoms. The van der Waals surface area contributed by atoms with Crippen LogP contribution >= 0.6 is 11.6 Å². The number of anilines is 4. The fourth-order valence-electron chi connectivity index (χ4n) is 1.64. The van der Waals surface area contributed by atoms with Crippen LogP contribution in [-0.2, 0) is 0 Å². The van der Waals surface area contributed by atoms with Gasteiger partial charge in [-0.2, -0.15) is 0 Å². The Bertz CT molecular complexity index is 599. The third-order valence-corrected chi connectivity index (χ3v) is 3.05. The van der Waals surface area contributed by atoms with E-state index in [2.05, 4.69) is 5.32 Å². The largest absolute Gasteiger partial charge is 0.397 e. The van der Waals surface area contributed by atoms with Gasteiger partial charge in [-0.15, -0.1) is 0 Å². The van der Waals surface area contributed by atoms with Crippen LogP contribution in [0.25, 0.3) is 0 Å². The minimum absolute atomic E-state index is 0.125. The molecule has 5 heteroatoms. The molecule has 18 heavy (non-hydrogen) atoms. The molecule has 0 atom stereocenters. The van der Waals surface area contributed by atoms with Gasteiger partial charge in [0.15, 0.2) is 5.82 Å². The molecule has 5 N–H and O–H groups in total. The van der Waals surface area contributed by atoms with Crippen LogP contribution in [0.15, 0.2) is 30.3 Å². The Balaban J connectivity index is 2.47. The van der Waals surface area contributed by atoms with Crippen LogP contribution in [0.2, 0.25) is 5.02 Å². The minimum Gasteiger partial charge on any atom is -0.397 e. The van der Waals surface area contributed by atoms with Gasteiger partial charge in [0.25, 0.3) is 0 Å². The summed E-state index contributed by atoms with van der Waals surface area (Å²) >= 11 is 5.77. The fraction of sp³-hybridized carbons (Fsp3) is 0.0769. The molecular weight excluding hydrogens is 253 g/mol. The smallest absolute Gasteiger partial charge is 0.169 e. The lowest BCUT2D eigenvalue weighted by atomic mass is 10.1. The zero-order valence-corrected chi connectivity index (χ0v) is 10.6. The lowest BCUT2D eigenvalue weighted by Gasteiger charge is -2.14. The van der Waals surface area contributed by atoms with Crippen molar-refractivity contribution in [3.63, 3.8) is 0 Å². The molecule has 0 aliphatic carbocycles. The molecular formula is C13H13ClFN3. The van der Waals surface area contributed by atoms with Crippen molar-refractivity contribution >= 4 is 34.4 Å². The second kappa shape index (κ2) is 4.74. The van der Waals surface area contributed by atoms with E-state index in [9.17, 15) is 4.39 Å². The molecule has 0 amide bonds. The number of rotatable bonds is 2. The maximum Gasteiger partial charge on any atom is 0.169 e. The molecule has 0 aliphatic heterocycles. The number of nitrogen functional groups attached to an aromatic ring is 2. The van der Waals surface area contributed by atoms with Gasteiger partial charge >= 0.3 is 0 Å². The predicted molar refractivity (Wildman–Crippen MR) is 74.7 cm³/mol. The molecule has 0 heterocycles.